The van der Waals surface area contributed by atoms with Gasteiger partial charge in [0.15, 0.2) is 5.65 Å². The molecule has 4 aromatic heterocycles. The van der Waals surface area contributed by atoms with E-state index in [1.165, 1.54) is 21.7 Å². The molecule has 164 valence electrons. The Morgan fingerprint density at radius 3 is 2.62 bits per heavy atom. The monoisotopic (exact) mass is 448 g/mol. The van der Waals surface area contributed by atoms with Crippen LogP contribution in [0.4, 0.5) is 0 Å². The standard InChI is InChI=1S/C23H24N6O2S/c1-14(2)10-28-21-19(22(30)27(4)23(28)31)20(17-9-24-13-26(17)3)29(25-21)11-15-12-32-18-8-6-5-7-16(15)18/h5-9,12-14H,10-11H2,1-4H3. The molecule has 0 fully saturated rings. The third kappa shape index (κ3) is 3.12. The number of aromatic nitrogens is 6. The van der Waals surface area contributed by atoms with Crippen LogP contribution in [0.25, 0.3) is 32.5 Å². The maximum absolute atomic E-state index is 13.3. The number of hydrogen-bond donors (Lipinski definition) is 0. The summed E-state index contributed by atoms with van der Waals surface area (Å²) in [6.45, 7) is 5.05. The van der Waals surface area contributed by atoms with E-state index in [1.54, 1.807) is 28.4 Å². The Morgan fingerprint density at radius 1 is 1.12 bits per heavy atom. The van der Waals surface area contributed by atoms with E-state index in [4.69, 9.17) is 5.10 Å². The second kappa shape index (κ2) is 7.59. The van der Waals surface area contributed by atoms with Gasteiger partial charge in [0.1, 0.15) is 11.1 Å². The second-order valence-electron chi connectivity index (χ2n) is 8.50. The third-order valence-electron chi connectivity index (χ3n) is 5.71. The van der Waals surface area contributed by atoms with Gasteiger partial charge in [-0.2, -0.15) is 5.10 Å². The van der Waals surface area contributed by atoms with Gasteiger partial charge in [-0.05, 0) is 28.3 Å². The molecule has 0 aliphatic carbocycles. The maximum Gasteiger partial charge on any atom is 0.332 e. The van der Waals surface area contributed by atoms with Gasteiger partial charge in [0.05, 0.1) is 24.8 Å². The number of benzene rings is 1. The lowest BCUT2D eigenvalue weighted by Crippen LogP contribution is -2.38. The predicted molar refractivity (Wildman–Crippen MR) is 127 cm³/mol. The molecule has 0 saturated heterocycles. The molecule has 5 aromatic rings. The van der Waals surface area contributed by atoms with Crippen molar-refractivity contribution in [2.24, 2.45) is 20.0 Å². The van der Waals surface area contributed by atoms with Crippen LogP contribution >= 0.6 is 11.3 Å². The minimum absolute atomic E-state index is 0.222. The molecule has 8 nitrogen and oxygen atoms in total. The van der Waals surface area contributed by atoms with E-state index >= 15 is 0 Å². The zero-order valence-electron chi connectivity index (χ0n) is 18.4. The fourth-order valence-corrected chi connectivity index (χ4v) is 5.12. The Bertz CT molecular complexity index is 1580. The van der Waals surface area contributed by atoms with Gasteiger partial charge in [-0.25, -0.2) is 9.78 Å². The molecule has 1 aromatic carbocycles. The van der Waals surface area contributed by atoms with Gasteiger partial charge in [-0.3, -0.25) is 18.6 Å². The summed E-state index contributed by atoms with van der Waals surface area (Å²) in [4.78, 5) is 30.5. The largest absolute Gasteiger partial charge is 0.332 e. The van der Waals surface area contributed by atoms with Gasteiger partial charge in [-0.1, -0.05) is 32.0 Å². The van der Waals surface area contributed by atoms with Crippen molar-refractivity contribution in [3.63, 3.8) is 0 Å². The molecule has 0 spiro atoms. The molecule has 0 aliphatic rings. The van der Waals surface area contributed by atoms with Gasteiger partial charge in [0.25, 0.3) is 5.56 Å². The van der Waals surface area contributed by atoms with Gasteiger partial charge in [0, 0.05) is 25.3 Å². The highest BCUT2D eigenvalue weighted by molar-refractivity contribution is 7.17. The van der Waals surface area contributed by atoms with Crippen molar-refractivity contribution in [2.45, 2.75) is 26.9 Å². The SMILES string of the molecule is CC(C)Cn1c(=O)n(C)c(=O)c2c(-c3cncn3C)n(Cc3csc4ccccc34)nc21. The highest BCUT2D eigenvalue weighted by Gasteiger charge is 2.24. The zero-order chi connectivity index (χ0) is 22.6. The van der Waals surface area contributed by atoms with E-state index in [2.05, 4.69) is 22.5 Å². The van der Waals surface area contributed by atoms with E-state index in [0.29, 0.717) is 29.8 Å². The average Bonchev–Trinajstić information content (AvgIpc) is 3.47. The molecular formula is C23H24N6O2S. The molecule has 0 radical (unpaired) electrons. The summed E-state index contributed by atoms with van der Waals surface area (Å²) in [7, 11) is 3.41. The average molecular weight is 449 g/mol. The minimum atomic E-state index is -0.349. The van der Waals surface area contributed by atoms with Crippen molar-refractivity contribution in [1.29, 1.82) is 0 Å². The third-order valence-corrected chi connectivity index (χ3v) is 6.73. The summed E-state index contributed by atoms with van der Waals surface area (Å²) in [5, 5.41) is 8.57. The highest BCUT2D eigenvalue weighted by Crippen LogP contribution is 2.30. The second-order valence-corrected chi connectivity index (χ2v) is 9.41. The molecule has 0 unspecified atom stereocenters. The van der Waals surface area contributed by atoms with E-state index in [0.717, 1.165) is 11.3 Å². The Hall–Kier alpha value is -3.46. The summed E-state index contributed by atoms with van der Waals surface area (Å²) in [5.41, 5.74) is 2.30. The van der Waals surface area contributed by atoms with E-state index in [-0.39, 0.29) is 17.2 Å². The Kier molecular flexibility index (Phi) is 4.85. The quantitative estimate of drug-likeness (QED) is 0.414. The Balaban J connectivity index is 1.84. The van der Waals surface area contributed by atoms with Crippen LogP contribution in [-0.2, 0) is 27.2 Å². The van der Waals surface area contributed by atoms with Gasteiger partial charge in [0.2, 0.25) is 0 Å². The molecule has 4 heterocycles. The number of fused-ring (bicyclic) bond motifs is 2. The maximum atomic E-state index is 13.3. The van der Waals surface area contributed by atoms with Gasteiger partial charge >= 0.3 is 5.69 Å². The van der Waals surface area contributed by atoms with E-state index < -0.39 is 0 Å². The molecule has 0 amide bonds. The van der Waals surface area contributed by atoms with Crippen molar-refractivity contribution in [3.05, 3.63) is 68.6 Å². The first-order valence-electron chi connectivity index (χ1n) is 10.5. The summed E-state index contributed by atoms with van der Waals surface area (Å²) in [5.74, 6) is 0.222. The van der Waals surface area contributed by atoms with Crippen LogP contribution in [-0.4, -0.2) is 28.5 Å². The predicted octanol–water partition coefficient (Wildman–Crippen LogP) is 3.22. The number of hydrogen-bond acceptors (Lipinski definition) is 5. The van der Waals surface area contributed by atoms with Gasteiger partial charge in [-0.15, -0.1) is 11.3 Å². The van der Waals surface area contributed by atoms with Crippen molar-refractivity contribution in [3.8, 4) is 11.4 Å². The van der Waals surface area contributed by atoms with Crippen molar-refractivity contribution in [1.82, 2.24) is 28.5 Å². The Labute approximate surface area is 188 Å². The summed E-state index contributed by atoms with van der Waals surface area (Å²) in [6, 6.07) is 8.25. The molecule has 32 heavy (non-hydrogen) atoms. The van der Waals surface area contributed by atoms with Crippen LogP contribution in [0.1, 0.15) is 19.4 Å². The van der Waals surface area contributed by atoms with Crippen molar-refractivity contribution < 1.29 is 0 Å². The Morgan fingerprint density at radius 2 is 1.91 bits per heavy atom. The van der Waals surface area contributed by atoms with Crippen LogP contribution in [0.5, 0.6) is 0 Å². The topological polar surface area (TPSA) is 79.6 Å². The fourth-order valence-electron chi connectivity index (χ4n) is 4.17. The number of thiophene rings is 1. The fraction of sp³-hybridized carbons (Fsp3) is 0.304. The van der Waals surface area contributed by atoms with Gasteiger partial charge < -0.3 is 4.57 Å². The molecule has 0 N–H and O–H groups in total. The minimum Gasteiger partial charge on any atom is -0.332 e. The first kappa shape index (κ1) is 20.4. The molecule has 0 bridgehead atoms. The smallest absolute Gasteiger partial charge is 0.332 e. The lowest BCUT2D eigenvalue weighted by molar-refractivity contribution is 0.498. The van der Waals surface area contributed by atoms with Crippen LogP contribution in [0, 0.1) is 5.92 Å². The number of rotatable bonds is 5. The molecule has 5 rings (SSSR count). The normalized spacial score (nSPS) is 11.9. The number of aryl methyl sites for hydroxylation is 1. The van der Waals surface area contributed by atoms with Crippen LogP contribution in [0.2, 0.25) is 0 Å². The molecule has 0 aliphatic heterocycles. The van der Waals surface area contributed by atoms with Crippen molar-refractivity contribution in [2.75, 3.05) is 0 Å². The van der Waals surface area contributed by atoms with Crippen molar-refractivity contribution >= 4 is 32.5 Å². The zero-order valence-corrected chi connectivity index (χ0v) is 19.3. The number of nitrogens with zero attached hydrogens (tertiary/aromatic N) is 6. The summed E-state index contributed by atoms with van der Waals surface area (Å²) >= 11 is 1.69. The van der Waals surface area contributed by atoms with E-state index in [9.17, 15) is 9.59 Å². The molecule has 9 heteroatoms. The first-order valence-corrected chi connectivity index (χ1v) is 11.4. The lowest BCUT2D eigenvalue weighted by Gasteiger charge is -2.11. The molecular weight excluding hydrogens is 424 g/mol. The summed E-state index contributed by atoms with van der Waals surface area (Å²) < 4.78 is 7.71. The molecule has 0 atom stereocenters. The van der Waals surface area contributed by atoms with E-state index in [1.807, 2.05) is 42.3 Å². The first-order chi connectivity index (χ1) is 15.4. The molecule has 0 saturated carbocycles. The lowest BCUT2D eigenvalue weighted by atomic mass is 10.1. The highest BCUT2D eigenvalue weighted by atomic mass is 32.1. The number of imidazole rings is 1. The van der Waals surface area contributed by atoms with Crippen LogP contribution in [0.15, 0.2) is 51.8 Å². The summed E-state index contributed by atoms with van der Waals surface area (Å²) in [6.07, 6.45) is 3.43. The van der Waals surface area contributed by atoms with Crippen LogP contribution in [0.3, 0.4) is 0 Å². The van der Waals surface area contributed by atoms with Crippen LogP contribution < -0.4 is 11.2 Å².